The number of oxazole rings is 1. The lowest BCUT2D eigenvalue weighted by molar-refractivity contribution is 0.514. The van der Waals surface area contributed by atoms with Crippen molar-refractivity contribution in [1.82, 2.24) is 14.1 Å². The summed E-state index contributed by atoms with van der Waals surface area (Å²) in [5, 5.41) is 1.28. The largest absolute Gasteiger partial charge is 0.419 e. The molecule has 0 spiro atoms. The molecule has 0 fully saturated rings. The summed E-state index contributed by atoms with van der Waals surface area (Å²) >= 11 is 1.47. The second-order valence-electron chi connectivity index (χ2n) is 5.80. The minimum atomic E-state index is -0.369. The third kappa shape index (κ3) is 2.84. The van der Waals surface area contributed by atoms with Gasteiger partial charge in [0, 0.05) is 18.8 Å². The standard InChI is InChI=1S/C19H17N3O3S/c1-2-21-17(23)13-7-3-4-8-14(13)20-18(21)26-12-11-22-15-9-5-6-10-16(15)25-19(22)24/h3-10H,2,11-12H2,1H3. The number of hydrogen-bond donors (Lipinski definition) is 0. The van der Waals surface area contributed by atoms with Crippen molar-refractivity contribution in [2.75, 3.05) is 5.75 Å². The van der Waals surface area contributed by atoms with Crippen LogP contribution in [-0.2, 0) is 13.1 Å². The summed E-state index contributed by atoms with van der Waals surface area (Å²) in [6.45, 7) is 2.95. The fourth-order valence-corrected chi connectivity index (χ4v) is 3.98. The van der Waals surface area contributed by atoms with Gasteiger partial charge >= 0.3 is 5.76 Å². The number of thioether (sulfide) groups is 1. The predicted octanol–water partition coefficient (Wildman–Crippen LogP) is 3.12. The molecule has 0 saturated heterocycles. The van der Waals surface area contributed by atoms with Crippen LogP contribution >= 0.6 is 11.8 Å². The molecule has 0 radical (unpaired) electrons. The van der Waals surface area contributed by atoms with E-state index in [1.165, 1.54) is 11.8 Å². The van der Waals surface area contributed by atoms with Gasteiger partial charge in [0.2, 0.25) is 0 Å². The van der Waals surface area contributed by atoms with E-state index in [9.17, 15) is 9.59 Å². The number of rotatable bonds is 5. The molecule has 0 bridgehead atoms. The second-order valence-corrected chi connectivity index (χ2v) is 6.86. The number of aromatic nitrogens is 3. The molecule has 2 aromatic heterocycles. The monoisotopic (exact) mass is 367 g/mol. The number of nitrogens with zero attached hydrogens (tertiary/aromatic N) is 3. The van der Waals surface area contributed by atoms with Gasteiger partial charge in [-0.1, -0.05) is 36.0 Å². The Morgan fingerprint density at radius 1 is 1.04 bits per heavy atom. The summed E-state index contributed by atoms with van der Waals surface area (Å²) in [5.74, 6) is 0.236. The first kappa shape index (κ1) is 16.7. The van der Waals surface area contributed by atoms with E-state index in [1.807, 2.05) is 43.3 Å². The summed E-state index contributed by atoms with van der Waals surface area (Å²) in [5.41, 5.74) is 2.01. The van der Waals surface area contributed by atoms with Crippen LogP contribution in [0.4, 0.5) is 0 Å². The number of hydrogen-bond acceptors (Lipinski definition) is 5. The van der Waals surface area contributed by atoms with Gasteiger partial charge in [0.15, 0.2) is 10.7 Å². The molecule has 0 amide bonds. The fourth-order valence-electron chi connectivity index (χ4n) is 2.99. The average molecular weight is 367 g/mol. The number of benzene rings is 2. The highest BCUT2D eigenvalue weighted by Gasteiger charge is 2.12. The lowest BCUT2D eigenvalue weighted by Crippen LogP contribution is -2.23. The quantitative estimate of drug-likeness (QED) is 0.400. The van der Waals surface area contributed by atoms with Crippen molar-refractivity contribution in [3.8, 4) is 0 Å². The Labute approximate surface area is 153 Å². The van der Waals surface area contributed by atoms with Crippen molar-refractivity contribution in [3.63, 3.8) is 0 Å². The molecule has 2 heterocycles. The SMILES string of the molecule is CCn1c(SCCn2c(=O)oc3ccccc32)nc2ccccc2c1=O. The molecular weight excluding hydrogens is 350 g/mol. The molecule has 7 heteroatoms. The van der Waals surface area contributed by atoms with Crippen molar-refractivity contribution in [1.29, 1.82) is 0 Å². The van der Waals surface area contributed by atoms with Crippen LogP contribution in [0.25, 0.3) is 22.0 Å². The number of para-hydroxylation sites is 3. The molecule has 0 atom stereocenters. The highest BCUT2D eigenvalue weighted by Crippen LogP contribution is 2.19. The highest BCUT2D eigenvalue weighted by atomic mass is 32.2. The summed E-state index contributed by atoms with van der Waals surface area (Å²) < 4.78 is 8.53. The number of aryl methyl sites for hydroxylation is 1. The lowest BCUT2D eigenvalue weighted by atomic mass is 10.2. The first-order chi connectivity index (χ1) is 12.7. The van der Waals surface area contributed by atoms with Crippen LogP contribution in [0.15, 0.2) is 67.7 Å². The van der Waals surface area contributed by atoms with Gasteiger partial charge in [0.1, 0.15) is 0 Å². The summed E-state index contributed by atoms with van der Waals surface area (Å²) in [6.07, 6.45) is 0. The normalized spacial score (nSPS) is 11.4. The van der Waals surface area contributed by atoms with E-state index < -0.39 is 0 Å². The summed E-state index contributed by atoms with van der Waals surface area (Å²) in [7, 11) is 0. The Hall–Kier alpha value is -2.80. The Morgan fingerprint density at radius 2 is 1.81 bits per heavy atom. The molecule has 0 aliphatic carbocycles. The zero-order valence-electron chi connectivity index (χ0n) is 14.2. The van der Waals surface area contributed by atoms with Gasteiger partial charge in [-0.05, 0) is 31.2 Å². The Bertz CT molecular complexity index is 1210. The fraction of sp³-hybridized carbons (Fsp3) is 0.211. The van der Waals surface area contributed by atoms with Crippen LogP contribution in [0.2, 0.25) is 0 Å². The van der Waals surface area contributed by atoms with Crippen LogP contribution in [0.3, 0.4) is 0 Å². The van der Waals surface area contributed by atoms with Gasteiger partial charge in [-0.3, -0.25) is 13.9 Å². The molecule has 0 saturated carbocycles. The van der Waals surface area contributed by atoms with Gasteiger partial charge in [-0.15, -0.1) is 0 Å². The Balaban J connectivity index is 1.63. The topological polar surface area (TPSA) is 70.0 Å². The maximum atomic E-state index is 12.6. The van der Waals surface area contributed by atoms with E-state index in [0.29, 0.717) is 40.5 Å². The molecule has 6 nitrogen and oxygen atoms in total. The molecule has 4 rings (SSSR count). The number of fused-ring (bicyclic) bond motifs is 2. The van der Waals surface area contributed by atoms with Crippen molar-refractivity contribution >= 4 is 33.8 Å². The van der Waals surface area contributed by atoms with Crippen LogP contribution in [-0.4, -0.2) is 19.9 Å². The van der Waals surface area contributed by atoms with Crippen molar-refractivity contribution in [3.05, 3.63) is 69.4 Å². The van der Waals surface area contributed by atoms with E-state index in [0.717, 1.165) is 5.52 Å². The summed E-state index contributed by atoms with van der Waals surface area (Å²) in [4.78, 5) is 29.3. The average Bonchev–Trinajstić information content (AvgIpc) is 2.97. The lowest BCUT2D eigenvalue weighted by Gasteiger charge is -2.11. The molecule has 0 N–H and O–H groups in total. The molecule has 0 unspecified atom stereocenters. The van der Waals surface area contributed by atoms with Gasteiger partial charge in [0.05, 0.1) is 16.4 Å². The van der Waals surface area contributed by atoms with Gasteiger partial charge in [0.25, 0.3) is 5.56 Å². The zero-order chi connectivity index (χ0) is 18.1. The Kier molecular flexibility index (Phi) is 4.38. The third-order valence-electron chi connectivity index (χ3n) is 4.26. The van der Waals surface area contributed by atoms with E-state index >= 15 is 0 Å². The molecular formula is C19H17N3O3S. The van der Waals surface area contributed by atoms with Crippen molar-refractivity contribution in [2.24, 2.45) is 0 Å². The Morgan fingerprint density at radius 3 is 2.65 bits per heavy atom. The van der Waals surface area contributed by atoms with Gasteiger partial charge in [-0.25, -0.2) is 9.78 Å². The molecule has 2 aromatic carbocycles. The minimum absolute atomic E-state index is 0.0356. The van der Waals surface area contributed by atoms with Crippen molar-refractivity contribution < 1.29 is 4.42 Å². The maximum absolute atomic E-state index is 12.6. The van der Waals surface area contributed by atoms with Crippen molar-refractivity contribution in [2.45, 2.75) is 25.2 Å². The van der Waals surface area contributed by atoms with E-state index in [1.54, 1.807) is 21.3 Å². The van der Waals surface area contributed by atoms with Crippen LogP contribution in [0.5, 0.6) is 0 Å². The zero-order valence-corrected chi connectivity index (χ0v) is 15.0. The van der Waals surface area contributed by atoms with Gasteiger partial charge < -0.3 is 4.42 Å². The second kappa shape index (κ2) is 6.84. The molecule has 26 heavy (non-hydrogen) atoms. The molecule has 132 valence electrons. The predicted molar refractivity (Wildman–Crippen MR) is 103 cm³/mol. The van der Waals surface area contributed by atoms with E-state index in [2.05, 4.69) is 4.98 Å². The van der Waals surface area contributed by atoms with E-state index in [4.69, 9.17) is 4.42 Å². The van der Waals surface area contributed by atoms with Crippen LogP contribution < -0.4 is 11.3 Å². The highest BCUT2D eigenvalue weighted by molar-refractivity contribution is 7.99. The minimum Gasteiger partial charge on any atom is -0.408 e. The van der Waals surface area contributed by atoms with E-state index in [-0.39, 0.29) is 11.3 Å². The van der Waals surface area contributed by atoms with Crippen LogP contribution in [0, 0.1) is 0 Å². The van der Waals surface area contributed by atoms with Crippen LogP contribution in [0.1, 0.15) is 6.92 Å². The summed E-state index contributed by atoms with van der Waals surface area (Å²) in [6, 6.07) is 14.7. The molecule has 0 aliphatic rings. The maximum Gasteiger partial charge on any atom is 0.419 e. The first-order valence-corrected chi connectivity index (χ1v) is 9.38. The first-order valence-electron chi connectivity index (χ1n) is 8.40. The molecule has 4 aromatic rings. The third-order valence-corrected chi connectivity index (χ3v) is 5.22. The smallest absolute Gasteiger partial charge is 0.408 e. The molecule has 0 aliphatic heterocycles. The van der Waals surface area contributed by atoms with Gasteiger partial charge in [-0.2, -0.15) is 0 Å².